The first-order chi connectivity index (χ1) is 10.5. The van der Waals surface area contributed by atoms with E-state index >= 15 is 0 Å². The van der Waals surface area contributed by atoms with Crippen LogP contribution in [-0.4, -0.2) is 20.6 Å². The molecule has 0 radical (unpaired) electrons. The van der Waals surface area contributed by atoms with Crippen molar-refractivity contribution in [2.24, 2.45) is 0 Å². The minimum Gasteiger partial charge on any atom is -0.487 e. The molecule has 4 rings (SSSR count). The third kappa shape index (κ3) is 2.24. The van der Waals surface area contributed by atoms with E-state index in [9.17, 15) is 0 Å². The largest absolute Gasteiger partial charge is 0.487 e. The lowest BCUT2D eigenvalue weighted by Gasteiger charge is -2.33. The lowest BCUT2D eigenvalue weighted by Crippen LogP contribution is -2.32. The summed E-state index contributed by atoms with van der Waals surface area (Å²) < 4.78 is 6.22. The van der Waals surface area contributed by atoms with Crippen molar-refractivity contribution in [1.29, 1.82) is 0 Å². The van der Waals surface area contributed by atoms with Crippen molar-refractivity contribution in [2.45, 2.75) is 32.3 Å². The van der Waals surface area contributed by atoms with E-state index in [-0.39, 0.29) is 5.60 Å². The first-order valence-corrected chi connectivity index (χ1v) is 7.71. The van der Waals surface area contributed by atoms with Gasteiger partial charge in [0.2, 0.25) is 0 Å². The van der Waals surface area contributed by atoms with Crippen LogP contribution in [0.1, 0.15) is 25.8 Å². The molecule has 0 saturated carbocycles. The Hall–Kier alpha value is -2.07. The van der Waals surface area contributed by atoms with Crippen molar-refractivity contribution < 1.29 is 4.74 Å². The molecule has 0 saturated heterocycles. The van der Waals surface area contributed by atoms with E-state index in [0.29, 0.717) is 5.02 Å². The number of aromatic amines is 1. The number of ether oxygens (including phenoxy) is 1. The van der Waals surface area contributed by atoms with Crippen LogP contribution in [0.2, 0.25) is 5.02 Å². The fourth-order valence-electron chi connectivity index (χ4n) is 2.88. The summed E-state index contributed by atoms with van der Waals surface area (Å²) in [5, 5.41) is 0.704. The Morgan fingerprint density at radius 3 is 3.00 bits per heavy atom. The Kier molecular flexibility index (Phi) is 2.91. The summed E-state index contributed by atoms with van der Waals surface area (Å²) in [4.78, 5) is 12.1. The van der Waals surface area contributed by atoms with Gasteiger partial charge in [-0.05, 0) is 50.5 Å². The predicted octanol–water partition coefficient (Wildman–Crippen LogP) is 4.38. The van der Waals surface area contributed by atoms with Crippen LogP contribution in [0.15, 0.2) is 30.6 Å². The van der Waals surface area contributed by atoms with Crippen LogP contribution in [-0.2, 0) is 6.42 Å². The van der Waals surface area contributed by atoms with E-state index in [1.54, 1.807) is 12.4 Å². The number of benzene rings is 1. The number of pyridine rings is 1. The molecule has 2 aromatic heterocycles. The number of H-pyrrole nitrogens is 1. The normalized spacial score (nSPS) is 16.3. The van der Waals surface area contributed by atoms with Gasteiger partial charge in [-0.3, -0.25) is 4.98 Å². The standard InChI is InChI=1S/C17H16ClN3O/c1-17(2)5-3-10-7-11(18)8-12(15(10)22-17)16-20-13-4-6-19-9-14(13)21-16/h4,6-9H,3,5H2,1-2H3,(H,20,21). The Morgan fingerprint density at radius 2 is 2.18 bits per heavy atom. The summed E-state index contributed by atoms with van der Waals surface area (Å²) >= 11 is 6.29. The van der Waals surface area contributed by atoms with Crippen molar-refractivity contribution >= 4 is 22.6 Å². The van der Waals surface area contributed by atoms with Crippen LogP contribution in [0.4, 0.5) is 0 Å². The van der Waals surface area contributed by atoms with Crippen molar-refractivity contribution in [1.82, 2.24) is 15.0 Å². The molecule has 0 aliphatic carbocycles. The Labute approximate surface area is 133 Å². The van der Waals surface area contributed by atoms with Crippen LogP contribution in [0, 0.1) is 0 Å². The number of aromatic nitrogens is 3. The number of aryl methyl sites for hydroxylation is 1. The first kappa shape index (κ1) is 13.6. The van der Waals surface area contributed by atoms with Crippen LogP contribution in [0.5, 0.6) is 5.75 Å². The highest BCUT2D eigenvalue weighted by molar-refractivity contribution is 6.31. The average molecular weight is 314 g/mol. The molecule has 1 aliphatic heterocycles. The highest BCUT2D eigenvalue weighted by Crippen LogP contribution is 2.42. The maximum atomic E-state index is 6.29. The third-order valence-electron chi connectivity index (χ3n) is 4.04. The van der Waals surface area contributed by atoms with Gasteiger partial charge in [0.05, 0.1) is 22.8 Å². The second kappa shape index (κ2) is 4.71. The molecule has 3 heterocycles. The Morgan fingerprint density at radius 1 is 1.32 bits per heavy atom. The Bertz CT molecular complexity index is 836. The zero-order valence-electron chi connectivity index (χ0n) is 12.5. The maximum Gasteiger partial charge on any atom is 0.142 e. The molecule has 0 amide bonds. The highest BCUT2D eigenvalue weighted by Gasteiger charge is 2.29. The smallest absolute Gasteiger partial charge is 0.142 e. The molecule has 5 heteroatoms. The Balaban J connectivity index is 1.92. The van der Waals surface area contributed by atoms with Crippen molar-refractivity contribution in [3.63, 3.8) is 0 Å². The summed E-state index contributed by atoms with van der Waals surface area (Å²) in [6.45, 7) is 4.22. The number of halogens is 1. The van der Waals surface area contributed by atoms with Crippen LogP contribution >= 0.6 is 11.6 Å². The van der Waals surface area contributed by atoms with Gasteiger partial charge >= 0.3 is 0 Å². The fourth-order valence-corrected chi connectivity index (χ4v) is 3.12. The number of nitrogens with zero attached hydrogens (tertiary/aromatic N) is 2. The van der Waals surface area contributed by atoms with Gasteiger partial charge in [0, 0.05) is 11.2 Å². The number of imidazole rings is 1. The molecule has 4 nitrogen and oxygen atoms in total. The molecule has 1 aromatic carbocycles. The number of fused-ring (bicyclic) bond motifs is 2. The molecule has 1 aliphatic rings. The molecule has 22 heavy (non-hydrogen) atoms. The highest BCUT2D eigenvalue weighted by atomic mass is 35.5. The van der Waals surface area contributed by atoms with E-state index in [1.807, 2.05) is 18.2 Å². The van der Waals surface area contributed by atoms with E-state index in [1.165, 1.54) is 0 Å². The van der Waals surface area contributed by atoms with Gasteiger partial charge in [0.15, 0.2) is 0 Å². The minimum atomic E-state index is -0.177. The maximum absolute atomic E-state index is 6.29. The quantitative estimate of drug-likeness (QED) is 0.725. The van der Waals surface area contributed by atoms with Crippen LogP contribution < -0.4 is 4.74 Å². The second-order valence-electron chi connectivity index (χ2n) is 6.28. The summed E-state index contributed by atoms with van der Waals surface area (Å²) in [6, 6.07) is 5.78. The zero-order valence-corrected chi connectivity index (χ0v) is 13.2. The van der Waals surface area contributed by atoms with Gasteiger partial charge in [-0.15, -0.1) is 0 Å². The summed E-state index contributed by atoms with van der Waals surface area (Å²) in [7, 11) is 0. The van der Waals surface area contributed by atoms with Crippen molar-refractivity contribution in [3.05, 3.63) is 41.2 Å². The molecule has 3 aromatic rings. The molecule has 0 atom stereocenters. The van der Waals surface area contributed by atoms with Crippen LogP contribution in [0.25, 0.3) is 22.4 Å². The summed E-state index contributed by atoms with van der Waals surface area (Å²) in [6.07, 6.45) is 5.44. The number of hydrogen-bond donors (Lipinski definition) is 1. The third-order valence-corrected chi connectivity index (χ3v) is 4.26. The van der Waals surface area contributed by atoms with Gasteiger partial charge in [-0.25, -0.2) is 4.98 Å². The zero-order chi connectivity index (χ0) is 15.3. The van der Waals surface area contributed by atoms with Crippen LogP contribution in [0.3, 0.4) is 0 Å². The van der Waals surface area contributed by atoms with E-state index in [2.05, 4.69) is 28.8 Å². The summed E-state index contributed by atoms with van der Waals surface area (Å²) in [5.74, 6) is 1.65. The number of hydrogen-bond acceptors (Lipinski definition) is 3. The van der Waals surface area contributed by atoms with Gasteiger partial charge < -0.3 is 9.72 Å². The molecule has 1 N–H and O–H groups in total. The van der Waals surface area contributed by atoms with Gasteiger partial charge in [0.25, 0.3) is 0 Å². The minimum absolute atomic E-state index is 0.177. The van der Waals surface area contributed by atoms with Crippen molar-refractivity contribution in [2.75, 3.05) is 0 Å². The fraction of sp³-hybridized carbons (Fsp3) is 0.294. The molecule has 0 unspecified atom stereocenters. The molecular weight excluding hydrogens is 298 g/mol. The lowest BCUT2D eigenvalue weighted by atomic mass is 9.92. The lowest BCUT2D eigenvalue weighted by molar-refractivity contribution is 0.0854. The SMILES string of the molecule is CC1(C)CCc2cc(Cl)cc(-c3nc4ccncc4[nH]3)c2O1. The molecule has 0 fully saturated rings. The topological polar surface area (TPSA) is 50.8 Å². The van der Waals surface area contributed by atoms with Gasteiger partial charge in [-0.2, -0.15) is 0 Å². The average Bonchev–Trinajstić information content (AvgIpc) is 2.90. The summed E-state index contributed by atoms with van der Waals surface area (Å²) in [5.41, 5.74) is 3.66. The van der Waals surface area contributed by atoms with E-state index in [0.717, 1.165) is 46.6 Å². The predicted molar refractivity (Wildman–Crippen MR) is 87.4 cm³/mol. The molecule has 0 spiro atoms. The second-order valence-corrected chi connectivity index (χ2v) is 6.72. The van der Waals surface area contributed by atoms with E-state index in [4.69, 9.17) is 16.3 Å². The van der Waals surface area contributed by atoms with E-state index < -0.39 is 0 Å². The first-order valence-electron chi connectivity index (χ1n) is 7.33. The van der Waals surface area contributed by atoms with Gasteiger partial charge in [0.1, 0.15) is 17.2 Å². The van der Waals surface area contributed by atoms with Gasteiger partial charge in [-0.1, -0.05) is 11.6 Å². The molecular formula is C17H16ClN3O. The molecule has 112 valence electrons. The molecule has 0 bridgehead atoms. The number of nitrogens with one attached hydrogen (secondary N) is 1. The number of rotatable bonds is 1. The van der Waals surface area contributed by atoms with Crippen molar-refractivity contribution in [3.8, 4) is 17.1 Å². The monoisotopic (exact) mass is 313 g/mol.